The lowest BCUT2D eigenvalue weighted by atomic mass is 9.86. The summed E-state index contributed by atoms with van der Waals surface area (Å²) >= 11 is 5.91. The number of aromatic amines is 1. The normalized spacial score (nSPS) is 13.4. The fraction of sp³-hybridized carbons (Fsp3) is 0.217. The van der Waals surface area contributed by atoms with Gasteiger partial charge in [-0.15, -0.1) is 5.10 Å². The number of carbonyl (C=O) groups is 1. The van der Waals surface area contributed by atoms with Crippen LogP contribution in [0.5, 0.6) is 0 Å². The van der Waals surface area contributed by atoms with Gasteiger partial charge in [-0.25, -0.2) is 22.7 Å². The lowest BCUT2D eigenvalue weighted by molar-refractivity contribution is 0.0997. The first-order valence-electron chi connectivity index (χ1n) is 10.8. The first kappa shape index (κ1) is 26.3. The molecule has 0 fully saturated rings. The summed E-state index contributed by atoms with van der Waals surface area (Å²) in [4.78, 5) is 23.2. The fourth-order valence-electron chi connectivity index (χ4n) is 4.19. The number of aryl methyl sites for hydroxylation is 1. The van der Waals surface area contributed by atoms with E-state index in [1.165, 1.54) is 12.1 Å². The number of nitrogens with two attached hydrogens (primary N) is 1. The number of nitrogens with one attached hydrogen (secondary N) is 2. The van der Waals surface area contributed by atoms with Crippen LogP contribution >= 0.6 is 11.6 Å². The Morgan fingerprint density at radius 2 is 2.03 bits per heavy atom. The van der Waals surface area contributed by atoms with Gasteiger partial charge in [0.1, 0.15) is 11.9 Å². The number of primary amides is 1. The second-order valence-electron chi connectivity index (χ2n) is 8.38. The first-order valence-corrected chi connectivity index (χ1v) is 12.7. The maximum absolute atomic E-state index is 15.3. The standard InChI is InChI=1S/C23H22ClFN6O5S/c1-11-15(13-9-27-31(3)10-13)5-6-17(25)19(11)12(2)20(22-28-29-23(33)36-22)30-37(34,35)18-7-4-14(24)8-16(18)21(26)32/h4-10,12,20,30H,1-3H3,(H2,26,32)(H,29,33). The number of sulfonamides is 1. The summed E-state index contributed by atoms with van der Waals surface area (Å²) in [5, 5.41) is 10.1. The van der Waals surface area contributed by atoms with E-state index in [-0.39, 0.29) is 22.0 Å². The predicted molar refractivity (Wildman–Crippen MR) is 132 cm³/mol. The number of halogens is 2. The van der Waals surface area contributed by atoms with Crippen molar-refractivity contribution < 1.29 is 22.0 Å². The minimum absolute atomic E-state index is 0.0980. The Morgan fingerprint density at radius 1 is 1.30 bits per heavy atom. The van der Waals surface area contributed by atoms with Crippen molar-refractivity contribution in [2.45, 2.75) is 30.7 Å². The summed E-state index contributed by atoms with van der Waals surface area (Å²) in [5.74, 6) is -3.84. The molecule has 0 aliphatic rings. The third-order valence-corrected chi connectivity index (χ3v) is 7.67. The van der Waals surface area contributed by atoms with Gasteiger partial charge in [-0.3, -0.25) is 9.48 Å². The molecule has 0 spiro atoms. The summed E-state index contributed by atoms with van der Waals surface area (Å²) in [6, 6.07) is 5.00. The summed E-state index contributed by atoms with van der Waals surface area (Å²) in [7, 11) is -2.75. The Kier molecular flexibility index (Phi) is 7.04. The van der Waals surface area contributed by atoms with Crippen molar-refractivity contribution >= 4 is 27.5 Å². The van der Waals surface area contributed by atoms with Gasteiger partial charge in [0.15, 0.2) is 0 Å². The molecular weight excluding hydrogens is 527 g/mol. The fourth-order valence-corrected chi connectivity index (χ4v) is 5.83. The SMILES string of the molecule is Cc1c(-c2cnn(C)c2)ccc(F)c1C(C)C(NS(=O)(=O)c1ccc(Cl)cc1C(N)=O)c1n[nH]c(=O)o1. The van der Waals surface area contributed by atoms with Crippen molar-refractivity contribution in [2.24, 2.45) is 12.8 Å². The van der Waals surface area contributed by atoms with Crippen LogP contribution in [0, 0.1) is 12.7 Å². The lowest BCUT2D eigenvalue weighted by Gasteiger charge is -2.25. The molecule has 0 saturated carbocycles. The van der Waals surface area contributed by atoms with E-state index >= 15 is 4.39 Å². The minimum Gasteiger partial charge on any atom is -0.391 e. The molecule has 2 unspecified atom stereocenters. The zero-order chi connectivity index (χ0) is 27.1. The Hall–Kier alpha value is -3.81. The third-order valence-electron chi connectivity index (χ3n) is 5.93. The average molecular weight is 549 g/mol. The third kappa shape index (κ3) is 5.19. The second-order valence-corrected chi connectivity index (χ2v) is 10.5. The molecule has 37 heavy (non-hydrogen) atoms. The maximum Gasteiger partial charge on any atom is 0.434 e. The summed E-state index contributed by atoms with van der Waals surface area (Å²) in [6.07, 6.45) is 3.38. The van der Waals surface area contributed by atoms with E-state index in [0.717, 1.165) is 17.7 Å². The highest BCUT2D eigenvalue weighted by atomic mass is 35.5. The monoisotopic (exact) mass is 548 g/mol. The van der Waals surface area contributed by atoms with Gasteiger partial charge in [0.05, 0.1) is 16.7 Å². The molecular formula is C23H22ClFN6O5S. The predicted octanol–water partition coefficient (Wildman–Crippen LogP) is 2.79. The van der Waals surface area contributed by atoms with Crippen LogP contribution in [-0.4, -0.2) is 34.3 Å². The van der Waals surface area contributed by atoms with E-state index in [1.807, 2.05) is 0 Å². The molecule has 2 aromatic carbocycles. The van der Waals surface area contributed by atoms with Crippen molar-refractivity contribution in [3.63, 3.8) is 0 Å². The smallest absolute Gasteiger partial charge is 0.391 e. The average Bonchev–Trinajstić information content (AvgIpc) is 3.45. The van der Waals surface area contributed by atoms with Crippen LogP contribution in [-0.2, 0) is 17.1 Å². The van der Waals surface area contributed by atoms with Gasteiger partial charge in [-0.2, -0.15) is 9.82 Å². The molecule has 0 radical (unpaired) electrons. The number of hydrogen-bond acceptors (Lipinski definition) is 7. The van der Waals surface area contributed by atoms with Gasteiger partial charge in [0.2, 0.25) is 21.8 Å². The zero-order valence-electron chi connectivity index (χ0n) is 19.8. The van der Waals surface area contributed by atoms with E-state index in [2.05, 4.69) is 20.0 Å². The number of rotatable bonds is 8. The molecule has 0 saturated heterocycles. The van der Waals surface area contributed by atoms with Crippen LogP contribution in [0.2, 0.25) is 5.02 Å². The number of aromatic nitrogens is 4. The lowest BCUT2D eigenvalue weighted by Crippen LogP contribution is -2.34. The van der Waals surface area contributed by atoms with Crippen LogP contribution in [0.25, 0.3) is 11.1 Å². The van der Waals surface area contributed by atoms with E-state index in [9.17, 15) is 18.0 Å². The van der Waals surface area contributed by atoms with E-state index in [1.54, 1.807) is 44.0 Å². The van der Waals surface area contributed by atoms with Gasteiger partial charge in [0.25, 0.3) is 0 Å². The largest absolute Gasteiger partial charge is 0.434 e. The van der Waals surface area contributed by atoms with Crippen LogP contribution in [0.3, 0.4) is 0 Å². The van der Waals surface area contributed by atoms with E-state index in [0.29, 0.717) is 11.1 Å². The molecule has 0 aliphatic carbocycles. The Balaban J connectivity index is 1.84. The van der Waals surface area contributed by atoms with Crippen molar-refractivity contribution in [2.75, 3.05) is 0 Å². The van der Waals surface area contributed by atoms with Crippen LogP contribution in [0.4, 0.5) is 4.39 Å². The second kappa shape index (κ2) is 9.92. The molecule has 194 valence electrons. The molecule has 4 rings (SSSR count). The van der Waals surface area contributed by atoms with Gasteiger partial charge in [-0.05, 0) is 47.9 Å². The molecule has 0 bridgehead atoms. The highest BCUT2D eigenvalue weighted by Crippen LogP contribution is 2.38. The number of nitrogens with zero attached hydrogens (tertiary/aromatic N) is 3. The molecule has 2 heterocycles. The molecule has 14 heteroatoms. The van der Waals surface area contributed by atoms with Gasteiger partial charge < -0.3 is 10.2 Å². The number of amides is 1. The van der Waals surface area contributed by atoms with Gasteiger partial charge in [0, 0.05) is 29.7 Å². The number of H-pyrrole nitrogens is 1. The summed E-state index contributed by atoms with van der Waals surface area (Å²) in [5.41, 5.74) is 7.10. The molecule has 0 aliphatic heterocycles. The van der Waals surface area contributed by atoms with Crippen molar-refractivity contribution in [1.82, 2.24) is 24.7 Å². The van der Waals surface area contributed by atoms with Gasteiger partial charge >= 0.3 is 5.76 Å². The maximum atomic E-state index is 15.3. The summed E-state index contributed by atoms with van der Waals surface area (Å²) < 4.78 is 51.2. The topological polar surface area (TPSA) is 166 Å². The van der Waals surface area contributed by atoms with E-state index in [4.69, 9.17) is 21.8 Å². The van der Waals surface area contributed by atoms with Crippen molar-refractivity contribution in [1.29, 1.82) is 0 Å². The molecule has 11 nitrogen and oxygen atoms in total. The van der Waals surface area contributed by atoms with Crippen LogP contribution in [0.15, 0.2) is 56.8 Å². The molecule has 4 N–H and O–H groups in total. The van der Waals surface area contributed by atoms with Crippen molar-refractivity contribution in [3.05, 3.63) is 86.7 Å². The number of benzene rings is 2. The summed E-state index contributed by atoms with van der Waals surface area (Å²) in [6.45, 7) is 3.24. The number of hydrogen-bond donors (Lipinski definition) is 3. The Bertz CT molecular complexity index is 1660. The highest BCUT2D eigenvalue weighted by molar-refractivity contribution is 7.89. The minimum atomic E-state index is -4.49. The molecule has 2 aromatic heterocycles. The molecule has 1 amide bonds. The quantitative estimate of drug-likeness (QED) is 0.304. The zero-order valence-corrected chi connectivity index (χ0v) is 21.4. The highest BCUT2D eigenvalue weighted by Gasteiger charge is 2.35. The molecule has 2 atom stereocenters. The number of carbonyl (C=O) groups excluding carboxylic acids is 1. The Labute approximate surface area is 215 Å². The van der Waals surface area contributed by atoms with Crippen LogP contribution in [0.1, 0.15) is 46.3 Å². The van der Waals surface area contributed by atoms with E-state index < -0.39 is 44.4 Å². The van der Waals surface area contributed by atoms with Crippen LogP contribution < -0.4 is 16.2 Å². The van der Waals surface area contributed by atoms with Gasteiger partial charge in [-0.1, -0.05) is 24.6 Å². The first-order chi connectivity index (χ1) is 17.4. The van der Waals surface area contributed by atoms with Crippen molar-refractivity contribution in [3.8, 4) is 11.1 Å². The Morgan fingerprint density at radius 3 is 2.62 bits per heavy atom. The molecule has 4 aromatic rings.